The lowest BCUT2D eigenvalue weighted by Gasteiger charge is -2.31. The summed E-state index contributed by atoms with van der Waals surface area (Å²) < 4.78 is 28.2. The van der Waals surface area contributed by atoms with Gasteiger partial charge in [0.2, 0.25) is 0 Å². The number of thiazole rings is 1. The largest absolute Gasteiger partial charge is 0.337 e. The van der Waals surface area contributed by atoms with Crippen LogP contribution in [0.4, 0.5) is 8.78 Å². The van der Waals surface area contributed by atoms with Gasteiger partial charge in [-0.1, -0.05) is 12.1 Å². The van der Waals surface area contributed by atoms with Crippen molar-refractivity contribution < 1.29 is 18.9 Å². The molecule has 2 heterocycles. The van der Waals surface area contributed by atoms with Crippen molar-refractivity contribution in [2.75, 3.05) is 19.6 Å². The number of aromatic nitrogens is 1. The van der Waals surface area contributed by atoms with E-state index in [4.69, 9.17) is 4.98 Å². The topological polar surface area (TPSA) is 49.8 Å². The van der Waals surface area contributed by atoms with Gasteiger partial charge in [0.1, 0.15) is 17.7 Å². The smallest absolute Gasteiger partial charge is 0.277 e. The lowest BCUT2D eigenvalue weighted by molar-refractivity contribution is -0.683. The fraction of sp³-hybridized carbons (Fsp3) is 0.364. The summed E-state index contributed by atoms with van der Waals surface area (Å²) >= 11 is 1.71. The number of benzene rings is 2. The Morgan fingerprint density at radius 3 is 2.93 bits per heavy atom. The highest BCUT2D eigenvalue weighted by molar-refractivity contribution is 7.18. The Balaban J connectivity index is 1.37. The van der Waals surface area contributed by atoms with Gasteiger partial charge >= 0.3 is 0 Å². The summed E-state index contributed by atoms with van der Waals surface area (Å²) in [5, 5.41) is 2.90. The number of nitrogens with two attached hydrogens (primary N) is 1. The number of hydrogen-bond acceptors (Lipinski definition) is 3. The quantitative estimate of drug-likeness (QED) is 0.691. The Kier molecular flexibility index (Phi) is 5.87. The van der Waals surface area contributed by atoms with Gasteiger partial charge in [-0.25, -0.2) is 13.8 Å². The number of hydrogen-bond donors (Lipinski definition) is 1. The number of amides is 1. The maximum atomic E-state index is 13.9. The molecule has 0 aliphatic carbocycles. The van der Waals surface area contributed by atoms with Crippen LogP contribution in [0.2, 0.25) is 0 Å². The maximum absolute atomic E-state index is 13.9. The zero-order valence-corrected chi connectivity index (χ0v) is 17.1. The fourth-order valence-electron chi connectivity index (χ4n) is 3.87. The second-order valence-electron chi connectivity index (χ2n) is 7.59. The lowest BCUT2D eigenvalue weighted by Crippen LogP contribution is -2.87. The predicted octanol–water partition coefficient (Wildman–Crippen LogP) is 3.61. The van der Waals surface area contributed by atoms with Crippen LogP contribution < -0.4 is 5.32 Å². The molecule has 2 N–H and O–H groups in total. The van der Waals surface area contributed by atoms with E-state index in [0.717, 1.165) is 36.0 Å². The van der Waals surface area contributed by atoms with Gasteiger partial charge in [-0.2, -0.15) is 0 Å². The molecule has 4 nitrogen and oxygen atoms in total. The average molecular weight is 417 g/mol. The van der Waals surface area contributed by atoms with Crippen LogP contribution in [0.5, 0.6) is 0 Å². The molecule has 0 spiro atoms. The van der Waals surface area contributed by atoms with Crippen molar-refractivity contribution in [1.29, 1.82) is 0 Å². The number of piperidine rings is 1. The summed E-state index contributed by atoms with van der Waals surface area (Å²) in [7, 11) is 0. The standard InChI is InChI=1S/C22H23F2N3OS/c1-14(17-9-8-16(23)11-18(17)24)25-12-21(28)27-10-4-5-15(13-27)22-26-19-6-2-3-7-20(19)29-22/h2-3,6-9,11,14-15,25H,4-5,10,12-13H2,1H3/p+1/t14-,15-/m0/s1. The first-order valence-electron chi connectivity index (χ1n) is 9.93. The number of carbonyl (C=O) groups is 1. The number of halogens is 2. The second kappa shape index (κ2) is 8.55. The van der Waals surface area contributed by atoms with Gasteiger partial charge in [-0.3, -0.25) is 4.79 Å². The van der Waals surface area contributed by atoms with E-state index in [1.165, 1.54) is 16.8 Å². The average Bonchev–Trinajstić information content (AvgIpc) is 3.16. The highest BCUT2D eigenvalue weighted by atomic mass is 32.1. The zero-order chi connectivity index (χ0) is 20.4. The van der Waals surface area contributed by atoms with E-state index in [1.807, 2.05) is 30.0 Å². The molecule has 1 saturated heterocycles. The minimum Gasteiger partial charge on any atom is -0.337 e. The highest BCUT2D eigenvalue weighted by Crippen LogP contribution is 2.32. The Morgan fingerprint density at radius 2 is 2.14 bits per heavy atom. The molecule has 0 saturated carbocycles. The number of likely N-dealkylation sites (tertiary alicyclic amines) is 1. The van der Waals surface area contributed by atoms with Crippen molar-refractivity contribution in [2.24, 2.45) is 0 Å². The van der Waals surface area contributed by atoms with E-state index in [9.17, 15) is 13.6 Å². The first kappa shape index (κ1) is 19.9. The number of carbonyl (C=O) groups excluding carboxylic acids is 1. The van der Waals surface area contributed by atoms with Crippen LogP contribution in [0.1, 0.15) is 42.3 Å². The van der Waals surface area contributed by atoms with Gasteiger partial charge in [0.25, 0.3) is 5.91 Å². The van der Waals surface area contributed by atoms with Crippen LogP contribution in [0.3, 0.4) is 0 Å². The molecule has 0 radical (unpaired) electrons. The van der Waals surface area contributed by atoms with Crippen LogP contribution >= 0.6 is 11.3 Å². The van der Waals surface area contributed by atoms with Gasteiger partial charge in [0.05, 0.1) is 15.2 Å². The minimum atomic E-state index is -0.594. The number of quaternary nitrogens is 1. The summed E-state index contributed by atoms with van der Waals surface area (Å²) in [5.74, 6) is -0.860. The molecular formula is C22H24F2N3OS+. The first-order valence-corrected chi connectivity index (χ1v) is 10.7. The molecule has 1 aromatic heterocycles. The molecule has 29 heavy (non-hydrogen) atoms. The molecule has 4 rings (SSSR count). The third-order valence-electron chi connectivity index (χ3n) is 5.53. The first-order chi connectivity index (χ1) is 14.0. The highest BCUT2D eigenvalue weighted by Gasteiger charge is 2.28. The van der Waals surface area contributed by atoms with Crippen LogP contribution in [0, 0.1) is 11.6 Å². The van der Waals surface area contributed by atoms with Crippen molar-refractivity contribution in [2.45, 2.75) is 31.7 Å². The van der Waals surface area contributed by atoms with Crippen molar-refractivity contribution in [3.8, 4) is 0 Å². The predicted molar refractivity (Wildman–Crippen MR) is 110 cm³/mol. The SMILES string of the molecule is C[C@H]([NH2+]CC(=O)N1CCC[C@H](c2nc3ccccc3s2)C1)c1ccc(F)cc1F. The van der Waals surface area contributed by atoms with Crippen LogP contribution in [-0.4, -0.2) is 35.4 Å². The lowest BCUT2D eigenvalue weighted by atomic mass is 9.98. The Bertz CT molecular complexity index is 989. The third kappa shape index (κ3) is 4.46. The number of nitrogens with zero attached hydrogens (tertiary/aromatic N) is 2. The second-order valence-corrected chi connectivity index (χ2v) is 8.66. The van der Waals surface area contributed by atoms with Crippen LogP contribution in [0.25, 0.3) is 10.2 Å². The monoisotopic (exact) mass is 416 g/mol. The Labute approximate surface area is 172 Å². The summed E-state index contributed by atoms with van der Waals surface area (Å²) in [6, 6.07) is 11.4. The molecule has 0 bridgehead atoms. The van der Waals surface area contributed by atoms with Gasteiger partial charge in [0, 0.05) is 30.6 Å². The molecule has 2 atom stereocenters. The molecule has 7 heteroatoms. The molecule has 152 valence electrons. The van der Waals surface area contributed by atoms with E-state index in [2.05, 4.69) is 6.07 Å². The van der Waals surface area contributed by atoms with Crippen LogP contribution in [0.15, 0.2) is 42.5 Å². The number of para-hydroxylation sites is 1. The molecule has 1 aliphatic heterocycles. The third-order valence-corrected chi connectivity index (χ3v) is 6.73. The number of fused-ring (bicyclic) bond motifs is 1. The Hall–Kier alpha value is -2.38. The summed E-state index contributed by atoms with van der Waals surface area (Å²) in [6.07, 6.45) is 1.99. The summed E-state index contributed by atoms with van der Waals surface area (Å²) in [6.45, 7) is 3.48. The van der Waals surface area contributed by atoms with Crippen molar-refractivity contribution in [1.82, 2.24) is 9.88 Å². The normalized spacial score (nSPS) is 18.2. The van der Waals surface area contributed by atoms with Crippen molar-refractivity contribution >= 4 is 27.5 Å². The Morgan fingerprint density at radius 1 is 1.31 bits per heavy atom. The van der Waals surface area contributed by atoms with Crippen LogP contribution in [-0.2, 0) is 4.79 Å². The molecule has 1 fully saturated rings. The molecule has 2 aromatic carbocycles. The molecular weight excluding hydrogens is 392 g/mol. The zero-order valence-electron chi connectivity index (χ0n) is 16.3. The van der Waals surface area contributed by atoms with E-state index in [1.54, 1.807) is 16.7 Å². The molecule has 0 unspecified atom stereocenters. The van der Waals surface area contributed by atoms with Gasteiger partial charge < -0.3 is 10.2 Å². The summed E-state index contributed by atoms with van der Waals surface area (Å²) in [4.78, 5) is 19.4. The van der Waals surface area contributed by atoms with Gasteiger partial charge in [-0.05, 0) is 44.0 Å². The molecule has 3 aromatic rings. The van der Waals surface area contributed by atoms with E-state index >= 15 is 0 Å². The molecule has 1 aliphatic rings. The van der Waals surface area contributed by atoms with E-state index < -0.39 is 11.6 Å². The number of rotatable bonds is 5. The van der Waals surface area contributed by atoms with E-state index in [-0.39, 0.29) is 24.4 Å². The molecule has 1 amide bonds. The van der Waals surface area contributed by atoms with Gasteiger partial charge in [-0.15, -0.1) is 11.3 Å². The van der Waals surface area contributed by atoms with E-state index in [0.29, 0.717) is 12.1 Å². The summed E-state index contributed by atoms with van der Waals surface area (Å²) in [5.41, 5.74) is 1.42. The van der Waals surface area contributed by atoms with Crippen molar-refractivity contribution in [3.63, 3.8) is 0 Å². The van der Waals surface area contributed by atoms with Gasteiger partial charge in [0.15, 0.2) is 6.54 Å². The van der Waals surface area contributed by atoms with Crippen molar-refractivity contribution in [3.05, 3.63) is 64.7 Å². The fourth-order valence-corrected chi connectivity index (χ4v) is 4.97. The minimum absolute atomic E-state index is 0.0465. The maximum Gasteiger partial charge on any atom is 0.277 e.